The number of aromatic nitrogens is 2. The first-order valence-corrected chi connectivity index (χ1v) is 10.9. The summed E-state index contributed by atoms with van der Waals surface area (Å²) in [5, 5.41) is 2.84. The highest BCUT2D eigenvalue weighted by molar-refractivity contribution is 7.89. The molecule has 0 fully saturated rings. The number of nitrogens with one attached hydrogen (secondary N) is 2. The average molecular weight is 413 g/mol. The molecule has 0 radical (unpaired) electrons. The fourth-order valence-electron chi connectivity index (χ4n) is 2.91. The number of carbonyl (C=O) groups is 1. The van der Waals surface area contributed by atoms with Gasteiger partial charge in [-0.15, -0.1) is 0 Å². The summed E-state index contributed by atoms with van der Waals surface area (Å²) in [4.78, 5) is 16.9. The second kappa shape index (κ2) is 9.99. The lowest BCUT2D eigenvalue weighted by molar-refractivity contribution is -0.122. The zero-order valence-electron chi connectivity index (χ0n) is 15.9. The maximum Gasteiger partial charge on any atom is 0.241 e. The number of hydrogen-bond donors (Lipinski definition) is 2. The standard InChI is InChI=1S/C21H24N4O3S/c26-21(23-12-7-14-25-15-13-22-17-25)20(16-18-8-3-1-4-9-18)24-29(27,28)19-10-5-2-6-11-19/h1-6,8-11,13,15,17,20,24H,7,12,14,16H2,(H,23,26)/t20-/m0/s1. The van der Waals surface area contributed by atoms with Crippen LogP contribution in [0.2, 0.25) is 0 Å². The Bertz CT molecular complexity index is 991. The highest BCUT2D eigenvalue weighted by atomic mass is 32.2. The predicted molar refractivity (Wildman–Crippen MR) is 111 cm³/mol. The minimum Gasteiger partial charge on any atom is -0.355 e. The van der Waals surface area contributed by atoms with Crippen molar-refractivity contribution >= 4 is 15.9 Å². The molecule has 29 heavy (non-hydrogen) atoms. The molecule has 8 heteroatoms. The third kappa shape index (κ3) is 6.27. The van der Waals surface area contributed by atoms with Gasteiger partial charge in [-0.25, -0.2) is 13.4 Å². The Hall–Kier alpha value is -2.97. The fraction of sp³-hybridized carbons (Fsp3) is 0.238. The fourth-order valence-corrected chi connectivity index (χ4v) is 4.12. The van der Waals surface area contributed by atoms with Gasteiger partial charge in [-0.1, -0.05) is 48.5 Å². The molecule has 0 spiro atoms. The van der Waals surface area contributed by atoms with E-state index in [9.17, 15) is 13.2 Å². The largest absolute Gasteiger partial charge is 0.355 e. The van der Waals surface area contributed by atoms with Gasteiger partial charge in [-0.3, -0.25) is 4.79 Å². The molecule has 7 nitrogen and oxygen atoms in total. The van der Waals surface area contributed by atoms with Crippen LogP contribution in [0.4, 0.5) is 0 Å². The van der Waals surface area contributed by atoms with Gasteiger partial charge >= 0.3 is 0 Å². The number of hydrogen-bond acceptors (Lipinski definition) is 4. The van der Waals surface area contributed by atoms with E-state index < -0.39 is 16.1 Å². The average Bonchev–Trinajstić information content (AvgIpc) is 3.25. The molecule has 2 N–H and O–H groups in total. The predicted octanol–water partition coefficient (Wildman–Crippen LogP) is 1.98. The molecule has 152 valence electrons. The summed E-state index contributed by atoms with van der Waals surface area (Å²) in [5.74, 6) is -0.348. The van der Waals surface area contributed by atoms with Crippen LogP contribution in [0.5, 0.6) is 0 Å². The summed E-state index contributed by atoms with van der Waals surface area (Å²) in [6, 6.07) is 16.5. The van der Waals surface area contributed by atoms with E-state index in [1.54, 1.807) is 30.7 Å². The van der Waals surface area contributed by atoms with Crippen molar-refractivity contribution in [1.82, 2.24) is 19.6 Å². The molecule has 1 atom stereocenters. The van der Waals surface area contributed by atoms with Gasteiger partial charge in [0.1, 0.15) is 6.04 Å². The smallest absolute Gasteiger partial charge is 0.241 e. The highest BCUT2D eigenvalue weighted by Gasteiger charge is 2.25. The normalized spacial score (nSPS) is 12.4. The van der Waals surface area contributed by atoms with E-state index in [0.29, 0.717) is 13.0 Å². The van der Waals surface area contributed by atoms with Crippen molar-refractivity contribution in [3.8, 4) is 0 Å². The van der Waals surface area contributed by atoms with Crippen LogP contribution in [0.15, 0.2) is 84.3 Å². The second-order valence-corrected chi connectivity index (χ2v) is 8.34. The Kier molecular flexibility index (Phi) is 7.15. The molecular weight excluding hydrogens is 388 g/mol. The van der Waals surface area contributed by atoms with E-state index in [1.165, 1.54) is 12.1 Å². The molecule has 1 aromatic heterocycles. The van der Waals surface area contributed by atoms with E-state index in [0.717, 1.165) is 12.1 Å². The minimum atomic E-state index is -3.81. The zero-order valence-corrected chi connectivity index (χ0v) is 16.8. The van der Waals surface area contributed by atoms with Crippen LogP contribution >= 0.6 is 0 Å². The number of nitrogens with zero attached hydrogens (tertiary/aromatic N) is 2. The van der Waals surface area contributed by atoms with Gasteiger partial charge < -0.3 is 9.88 Å². The summed E-state index contributed by atoms with van der Waals surface area (Å²) < 4.78 is 29.9. The Balaban J connectivity index is 1.66. The first-order chi connectivity index (χ1) is 14.0. The summed E-state index contributed by atoms with van der Waals surface area (Å²) >= 11 is 0. The molecule has 3 rings (SSSR count). The molecule has 0 saturated carbocycles. The van der Waals surface area contributed by atoms with Crippen LogP contribution in [0.1, 0.15) is 12.0 Å². The topological polar surface area (TPSA) is 93.1 Å². The number of imidazole rings is 1. The van der Waals surface area contributed by atoms with Crippen molar-refractivity contribution < 1.29 is 13.2 Å². The Morgan fingerprint density at radius 1 is 1.03 bits per heavy atom. The third-order valence-electron chi connectivity index (χ3n) is 4.40. The minimum absolute atomic E-state index is 0.131. The van der Waals surface area contributed by atoms with Gasteiger partial charge in [0, 0.05) is 25.5 Å². The van der Waals surface area contributed by atoms with Gasteiger partial charge in [0.25, 0.3) is 0 Å². The van der Waals surface area contributed by atoms with Gasteiger partial charge in [0.05, 0.1) is 11.2 Å². The maximum atomic E-state index is 12.8. The van der Waals surface area contributed by atoms with E-state index in [-0.39, 0.29) is 17.2 Å². The lowest BCUT2D eigenvalue weighted by Gasteiger charge is -2.19. The summed E-state index contributed by atoms with van der Waals surface area (Å²) in [7, 11) is -3.81. The van der Waals surface area contributed by atoms with Crippen LogP contribution in [0.25, 0.3) is 0 Å². The molecule has 1 heterocycles. The van der Waals surface area contributed by atoms with Crippen molar-refractivity contribution in [2.75, 3.05) is 6.54 Å². The lowest BCUT2D eigenvalue weighted by Crippen LogP contribution is -2.48. The van der Waals surface area contributed by atoms with Crippen LogP contribution < -0.4 is 10.0 Å². The van der Waals surface area contributed by atoms with Gasteiger partial charge in [0.2, 0.25) is 15.9 Å². The number of carbonyl (C=O) groups excluding carboxylic acids is 1. The highest BCUT2D eigenvalue weighted by Crippen LogP contribution is 2.11. The molecule has 2 aromatic carbocycles. The van der Waals surface area contributed by atoms with Crippen molar-refractivity contribution in [2.24, 2.45) is 0 Å². The Morgan fingerprint density at radius 2 is 1.72 bits per heavy atom. The van der Waals surface area contributed by atoms with Crippen LogP contribution in [-0.2, 0) is 27.8 Å². The van der Waals surface area contributed by atoms with Crippen molar-refractivity contribution in [3.05, 3.63) is 84.9 Å². The van der Waals surface area contributed by atoms with Gasteiger partial charge in [-0.05, 0) is 30.5 Å². The number of benzene rings is 2. The van der Waals surface area contributed by atoms with Crippen molar-refractivity contribution in [1.29, 1.82) is 0 Å². The van der Waals surface area contributed by atoms with E-state index in [4.69, 9.17) is 0 Å². The monoisotopic (exact) mass is 412 g/mol. The van der Waals surface area contributed by atoms with Gasteiger partial charge in [0.15, 0.2) is 0 Å². The number of sulfonamides is 1. The first-order valence-electron chi connectivity index (χ1n) is 9.39. The number of rotatable bonds is 10. The van der Waals surface area contributed by atoms with Crippen molar-refractivity contribution in [3.63, 3.8) is 0 Å². The third-order valence-corrected chi connectivity index (χ3v) is 5.89. The van der Waals surface area contributed by atoms with Gasteiger partial charge in [-0.2, -0.15) is 4.72 Å². The lowest BCUT2D eigenvalue weighted by atomic mass is 10.1. The molecule has 0 saturated heterocycles. The molecule has 3 aromatic rings. The summed E-state index contributed by atoms with van der Waals surface area (Å²) in [5.41, 5.74) is 0.877. The molecule has 1 amide bonds. The second-order valence-electron chi connectivity index (χ2n) is 6.62. The van der Waals surface area contributed by atoms with Crippen LogP contribution in [-0.4, -0.2) is 36.5 Å². The molecule has 0 aliphatic rings. The van der Waals surface area contributed by atoms with E-state index in [2.05, 4.69) is 15.0 Å². The number of aryl methyl sites for hydroxylation is 1. The Morgan fingerprint density at radius 3 is 2.38 bits per heavy atom. The van der Waals surface area contributed by atoms with Crippen molar-refractivity contribution in [2.45, 2.75) is 30.3 Å². The SMILES string of the molecule is O=C(NCCCn1ccnc1)[C@H](Cc1ccccc1)NS(=O)(=O)c1ccccc1. The molecule has 0 bridgehead atoms. The first kappa shape index (κ1) is 20.8. The quantitative estimate of drug-likeness (QED) is 0.498. The molecule has 0 aliphatic heterocycles. The maximum absolute atomic E-state index is 12.8. The molecule has 0 aliphatic carbocycles. The zero-order chi connectivity index (χ0) is 20.5. The Labute approximate surface area is 170 Å². The van der Waals surface area contributed by atoms with E-state index in [1.807, 2.05) is 41.1 Å². The summed E-state index contributed by atoms with van der Waals surface area (Å²) in [6.45, 7) is 1.16. The van der Waals surface area contributed by atoms with Crippen LogP contribution in [0.3, 0.4) is 0 Å². The van der Waals surface area contributed by atoms with E-state index >= 15 is 0 Å². The number of amides is 1. The van der Waals surface area contributed by atoms with Crippen LogP contribution in [0, 0.1) is 0 Å². The summed E-state index contributed by atoms with van der Waals surface area (Å²) in [6.07, 6.45) is 6.25. The molecular formula is C21H24N4O3S. The molecule has 0 unspecified atom stereocenters.